The van der Waals surface area contributed by atoms with E-state index in [1.165, 1.54) is 43.1 Å². The Hall–Kier alpha value is -2.65. The highest BCUT2D eigenvalue weighted by molar-refractivity contribution is 9.10. The van der Waals surface area contributed by atoms with Crippen molar-refractivity contribution in [3.8, 4) is 0 Å². The Kier molecular flexibility index (Phi) is 7.38. The molecule has 1 saturated carbocycles. The van der Waals surface area contributed by atoms with Gasteiger partial charge in [-0.05, 0) is 49.4 Å². The van der Waals surface area contributed by atoms with Crippen LogP contribution in [0.1, 0.15) is 35.2 Å². The van der Waals surface area contributed by atoms with Crippen LogP contribution in [0.3, 0.4) is 0 Å². The molecule has 3 aromatic rings. The Morgan fingerprint density at radius 1 is 1.23 bits per heavy atom. The fourth-order valence-electron chi connectivity index (χ4n) is 3.92. The zero-order valence-corrected chi connectivity index (χ0v) is 21.5. The first kappa shape index (κ1) is 25.4. The molecule has 14 heteroatoms. The van der Waals surface area contributed by atoms with Crippen molar-refractivity contribution >= 4 is 47.9 Å². The third kappa shape index (κ3) is 6.13. The average Bonchev–Trinajstić information content (AvgIpc) is 3.48. The highest BCUT2D eigenvalue weighted by atomic mass is 79.9. The van der Waals surface area contributed by atoms with Gasteiger partial charge in [-0.2, -0.15) is 8.42 Å². The number of benzene rings is 1. The summed E-state index contributed by atoms with van der Waals surface area (Å²) in [6, 6.07) is 7.63. The molecule has 35 heavy (non-hydrogen) atoms. The number of nitrogens with one attached hydrogen (secondary N) is 1. The Morgan fingerprint density at radius 3 is 2.77 bits per heavy atom. The lowest BCUT2D eigenvalue weighted by Gasteiger charge is -2.16. The van der Waals surface area contributed by atoms with Gasteiger partial charge in [0.15, 0.2) is 5.78 Å². The molecule has 2 heterocycles. The van der Waals surface area contributed by atoms with Gasteiger partial charge in [0.2, 0.25) is 0 Å². The predicted octanol–water partition coefficient (Wildman–Crippen LogP) is 2.31. The van der Waals surface area contributed by atoms with Crippen LogP contribution in [0.5, 0.6) is 0 Å². The van der Waals surface area contributed by atoms with Gasteiger partial charge in [-0.15, -0.1) is 0 Å². The van der Waals surface area contributed by atoms with Crippen LogP contribution in [0, 0.1) is 5.92 Å². The van der Waals surface area contributed by atoms with Crippen molar-refractivity contribution in [3.05, 3.63) is 70.8 Å². The number of rotatable bonds is 9. The molecule has 0 unspecified atom stereocenters. The number of carbonyl (C=O) groups excluding carboxylic acids is 1. The molecule has 0 amide bonds. The van der Waals surface area contributed by atoms with Crippen LogP contribution < -0.4 is 10.5 Å². The van der Waals surface area contributed by atoms with E-state index in [0.717, 1.165) is 16.8 Å². The van der Waals surface area contributed by atoms with Gasteiger partial charge >= 0.3 is 10.3 Å². The number of hydrogen-bond acceptors (Lipinski definition) is 9. The second-order valence-electron chi connectivity index (χ2n) is 8.10. The number of nitrogens with zero attached hydrogens (tertiary/aromatic N) is 3. The summed E-state index contributed by atoms with van der Waals surface area (Å²) in [5.41, 5.74) is 0.349. The maximum Gasteiger partial charge on any atom is 0.333 e. The number of ketones is 1. The average molecular weight is 584 g/mol. The van der Waals surface area contributed by atoms with E-state index < -0.39 is 26.1 Å². The van der Waals surface area contributed by atoms with Gasteiger partial charge in [-0.3, -0.25) is 8.98 Å². The number of anilines is 1. The molecule has 2 atom stereocenters. The summed E-state index contributed by atoms with van der Waals surface area (Å²) in [4.78, 5) is 21.4. The molecular weight excluding hydrogens is 562 g/mol. The normalized spacial score (nSPS) is 18.5. The second kappa shape index (κ2) is 10.1. The van der Waals surface area contributed by atoms with E-state index in [4.69, 9.17) is 5.14 Å². The molecule has 1 aromatic carbocycles. The zero-order chi connectivity index (χ0) is 25.2. The minimum atomic E-state index is -4.00. The highest BCUT2D eigenvalue weighted by Crippen LogP contribution is 2.29. The lowest BCUT2D eigenvalue weighted by atomic mass is 10.1. The Balaban J connectivity index is 1.50. The maximum atomic E-state index is 13.2. The van der Waals surface area contributed by atoms with Crippen molar-refractivity contribution in [2.75, 3.05) is 11.9 Å². The zero-order valence-electron chi connectivity index (χ0n) is 18.2. The third-order valence-corrected chi connectivity index (χ3v) is 8.20. The van der Waals surface area contributed by atoms with E-state index in [0.29, 0.717) is 16.7 Å². The quantitative estimate of drug-likeness (QED) is 0.359. The van der Waals surface area contributed by atoms with Crippen LogP contribution >= 0.6 is 15.9 Å². The van der Waals surface area contributed by atoms with Crippen LogP contribution in [0.4, 0.5) is 5.82 Å². The van der Waals surface area contributed by atoms with Gasteiger partial charge in [0.05, 0.1) is 17.1 Å². The minimum Gasteiger partial charge on any atom is -0.367 e. The van der Waals surface area contributed by atoms with E-state index in [1.54, 1.807) is 12.1 Å². The summed E-state index contributed by atoms with van der Waals surface area (Å²) in [5, 5.41) is 8.10. The molecular formula is C21H22BrN5O6S2. The smallest absolute Gasteiger partial charge is 0.333 e. The van der Waals surface area contributed by atoms with Gasteiger partial charge < -0.3 is 5.32 Å². The lowest BCUT2D eigenvalue weighted by molar-refractivity contribution is 0.103. The maximum absolute atomic E-state index is 13.2. The van der Waals surface area contributed by atoms with E-state index >= 15 is 0 Å². The number of carbonyl (C=O) groups is 1. The van der Waals surface area contributed by atoms with Crippen molar-refractivity contribution in [2.24, 2.45) is 11.1 Å². The minimum absolute atomic E-state index is 0.00739. The number of hydrogen-bond donors (Lipinski definition) is 2. The Labute approximate surface area is 211 Å². The van der Waals surface area contributed by atoms with Crippen LogP contribution in [0.2, 0.25) is 0 Å². The molecule has 0 radical (unpaired) electrons. The van der Waals surface area contributed by atoms with Gasteiger partial charge in [-0.1, -0.05) is 22.0 Å². The third-order valence-electron chi connectivity index (χ3n) is 5.61. The van der Waals surface area contributed by atoms with Crippen LogP contribution in [-0.2, 0) is 24.5 Å². The summed E-state index contributed by atoms with van der Waals surface area (Å²) < 4.78 is 54.2. The first-order chi connectivity index (χ1) is 16.5. The molecule has 1 aliphatic carbocycles. The summed E-state index contributed by atoms with van der Waals surface area (Å²) in [6.45, 7) is -0.00739. The monoisotopic (exact) mass is 583 g/mol. The molecule has 0 aliphatic heterocycles. The summed E-state index contributed by atoms with van der Waals surface area (Å²) >= 11 is 3.26. The largest absolute Gasteiger partial charge is 0.367 e. The molecule has 0 spiro atoms. The first-order valence-electron chi connectivity index (χ1n) is 10.5. The molecule has 1 fully saturated rings. The molecule has 1 aliphatic rings. The molecule has 186 valence electrons. The first-order valence-corrected chi connectivity index (χ1v) is 14.2. The number of aromatic nitrogens is 3. The molecule has 3 N–H and O–H groups in total. The van der Waals surface area contributed by atoms with E-state index in [2.05, 4.69) is 35.4 Å². The highest BCUT2D eigenvalue weighted by Gasteiger charge is 2.28. The fraction of sp³-hybridized carbons (Fsp3) is 0.286. The Morgan fingerprint density at radius 2 is 2.03 bits per heavy atom. The van der Waals surface area contributed by atoms with E-state index in [-0.39, 0.29) is 34.6 Å². The van der Waals surface area contributed by atoms with Gasteiger partial charge in [0.25, 0.3) is 10.0 Å². The van der Waals surface area contributed by atoms with Gasteiger partial charge in [0.1, 0.15) is 12.1 Å². The van der Waals surface area contributed by atoms with Gasteiger partial charge in [0, 0.05) is 34.7 Å². The molecule has 11 nitrogen and oxygen atoms in total. The van der Waals surface area contributed by atoms with Crippen LogP contribution in [-0.4, -0.2) is 49.2 Å². The second-order valence-corrected chi connectivity index (χ2v) is 12.1. The van der Waals surface area contributed by atoms with Crippen LogP contribution in [0.25, 0.3) is 0 Å². The summed E-state index contributed by atoms with van der Waals surface area (Å²) in [5.74, 6) is -0.141. The predicted molar refractivity (Wildman–Crippen MR) is 130 cm³/mol. The topological polar surface area (TPSA) is 163 Å². The lowest BCUT2D eigenvalue weighted by Crippen LogP contribution is -2.22. The van der Waals surface area contributed by atoms with Crippen molar-refractivity contribution in [1.29, 1.82) is 0 Å². The standard InChI is InChI=1S/C21H22BrN5O6S2/c22-16-2-1-3-18(9-16)34(29,30)27-7-6-15(11-27)20(28)19-10-24-13-25-21(19)26-17-5-4-14(8-17)12-33-35(23,31)32/h1-3,6-7,9-11,13-14,17H,4-5,8,12H2,(H2,23,31,32)(H,24,25,26)/t14-,17+/m1/s1. The van der Waals surface area contributed by atoms with Crippen molar-refractivity contribution in [2.45, 2.75) is 30.2 Å². The fourth-order valence-corrected chi connectivity index (χ4v) is 6.09. The Bertz CT molecular complexity index is 1460. The summed E-state index contributed by atoms with van der Waals surface area (Å²) in [6.07, 6.45) is 7.29. The molecule has 4 rings (SSSR count). The molecule has 2 aromatic heterocycles. The van der Waals surface area contributed by atoms with E-state index in [1.807, 2.05) is 0 Å². The van der Waals surface area contributed by atoms with Crippen molar-refractivity contribution in [1.82, 2.24) is 13.9 Å². The SMILES string of the molecule is NS(=O)(=O)OC[C@@H]1CC[C@H](Nc2ncncc2C(=O)c2ccn(S(=O)(=O)c3cccc(Br)c3)c2)C1. The number of nitrogens with two attached hydrogens (primary N) is 1. The van der Waals surface area contributed by atoms with Gasteiger partial charge in [-0.25, -0.2) is 27.5 Å². The number of halogens is 1. The van der Waals surface area contributed by atoms with Crippen LogP contribution in [0.15, 0.2) is 64.6 Å². The van der Waals surface area contributed by atoms with Crippen molar-refractivity contribution < 1.29 is 25.8 Å². The molecule has 0 saturated heterocycles. The summed E-state index contributed by atoms with van der Waals surface area (Å²) in [7, 11) is -7.88. The molecule has 0 bridgehead atoms. The van der Waals surface area contributed by atoms with Crippen molar-refractivity contribution in [3.63, 3.8) is 0 Å². The van der Waals surface area contributed by atoms with E-state index in [9.17, 15) is 21.6 Å².